The van der Waals surface area contributed by atoms with Gasteiger partial charge in [0.05, 0.1) is 16.1 Å². The molecule has 0 aromatic heterocycles. The van der Waals surface area contributed by atoms with E-state index in [0.29, 0.717) is 0 Å². The largest absolute Gasteiger partial charge is 0.416 e. The fourth-order valence-corrected chi connectivity index (χ4v) is 3.57. The van der Waals surface area contributed by atoms with E-state index in [1.807, 2.05) is 0 Å². The fraction of sp³-hybridized carbons (Fsp3) is 0.0500. The van der Waals surface area contributed by atoms with Crippen molar-refractivity contribution in [1.29, 1.82) is 0 Å². The Morgan fingerprint density at radius 2 is 1.50 bits per heavy atom. The van der Waals surface area contributed by atoms with Gasteiger partial charge in [0.1, 0.15) is 5.82 Å². The first-order valence-corrected chi connectivity index (χ1v) is 9.90. The zero-order valence-corrected chi connectivity index (χ0v) is 15.9. The van der Waals surface area contributed by atoms with E-state index in [9.17, 15) is 30.8 Å². The molecule has 3 rings (SSSR count). The van der Waals surface area contributed by atoms with Crippen LogP contribution in [0.3, 0.4) is 0 Å². The lowest BCUT2D eigenvalue weighted by Gasteiger charge is -2.11. The predicted octanol–water partition coefficient (Wildman–Crippen LogP) is 4.90. The first-order valence-electron chi connectivity index (χ1n) is 8.42. The summed E-state index contributed by atoms with van der Waals surface area (Å²) in [5, 5.41) is 2.40. The molecular weight excluding hydrogens is 424 g/mol. The molecule has 0 radical (unpaired) electrons. The van der Waals surface area contributed by atoms with E-state index in [2.05, 4.69) is 10.0 Å². The van der Waals surface area contributed by atoms with E-state index in [1.54, 1.807) is 0 Å². The van der Waals surface area contributed by atoms with Crippen LogP contribution in [-0.4, -0.2) is 14.3 Å². The third-order valence-electron chi connectivity index (χ3n) is 3.95. The molecule has 0 atom stereocenters. The lowest BCUT2D eigenvalue weighted by molar-refractivity contribution is -0.137. The maximum absolute atomic E-state index is 13.2. The Kier molecular flexibility index (Phi) is 5.79. The summed E-state index contributed by atoms with van der Waals surface area (Å²) in [6.07, 6.45) is -4.58. The minimum absolute atomic E-state index is 0.0388. The summed E-state index contributed by atoms with van der Waals surface area (Å²) >= 11 is 0. The first-order chi connectivity index (χ1) is 14.0. The molecule has 1 amide bonds. The summed E-state index contributed by atoms with van der Waals surface area (Å²) < 4.78 is 78.5. The van der Waals surface area contributed by atoms with Gasteiger partial charge in [0.25, 0.3) is 15.9 Å². The molecule has 0 fully saturated rings. The number of sulfonamides is 1. The quantitative estimate of drug-likeness (QED) is 0.557. The van der Waals surface area contributed by atoms with E-state index in [0.717, 1.165) is 24.3 Å². The van der Waals surface area contributed by atoms with E-state index in [1.165, 1.54) is 48.5 Å². The fourth-order valence-electron chi connectivity index (χ4n) is 2.52. The summed E-state index contributed by atoms with van der Waals surface area (Å²) in [5.74, 6) is -1.39. The molecule has 2 N–H and O–H groups in total. The number of hydrogen-bond donors (Lipinski definition) is 2. The maximum atomic E-state index is 13.2. The molecule has 3 aromatic rings. The maximum Gasteiger partial charge on any atom is 0.416 e. The van der Waals surface area contributed by atoms with Crippen molar-refractivity contribution in [3.63, 3.8) is 0 Å². The van der Waals surface area contributed by atoms with Crippen molar-refractivity contribution < 1.29 is 30.8 Å². The summed E-state index contributed by atoms with van der Waals surface area (Å²) in [6.45, 7) is 0. The van der Waals surface area contributed by atoms with Crippen molar-refractivity contribution in [3.05, 3.63) is 89.7 Å². The highest BCUT2D eigenvalue weighted by molar-refractivity contribution is 7.92. The first kappa shape index (κ1) is 21.3. The van der Waals surface area contributed by atoms with E-state index in [4.69, 9.17) is 0 Å². The third-order valence-corrected chi connectivity index (χ3v) is 5.35. The van der Waals surface area contributed by atoms with Gasteiger partial charge >= 0.3 is 6.18 Å². The Hall–Kier alpha value is -3.40. The average Bonchev–Trinajstić information content (AvgIpc) is 2.67. The Morgan fingerprint density at radius 1 is 0.833 bits per heavy atom. The Labute approximate surface area is 169 Å². The Morgan fingerprint density at radius 3 is 2.13 bits per heavy atom. The normalized spacial score (nSPS) is 11.7. The van der Waals surface area contributed by atoms with Gasteiger partial charge in [0.15, 0.2) is 0 Å². The van der Waals surface area contributed by atoms with Gasteiger partial charge in [-0.05, 0) is 60.7 Å². The molecule has 5 nitrogen and oxygen atoms in total. The van der Waals surface area contributed by atoms with Crippen molar-refractivity contribution in [2.45, 2.75) is 11.1 Å². The van der Waals surface area contributed by atoms with Gasteiger partial charge in [-0.2, -0.15) is 13.2 Å². The number of halogens is 4. The highest BCUT2D eigenvalue weighted by Gasteiger charge is 2.30. The summed E-state index contributed by atoms with van der Waals surface area (Å²) in [5.41, 5.74) is -0.937. The van der Waals surface area contributed by atoms with Gasteiger partial charge < -0.3 is 5.32 Å². The molecule has 0 aliphatic carbocycles. The smallest absolute Gasteiger partial charge is 0.322 e. The molecule has 0 spiro atoms. The van der Waals surface area contributed by atoms with E-state index >= 15 is 0 Å². The van der Waals surface area contributed by atoms with Crippen molar-refractivity contribution in [1.82, 2.24) is 0 Å². The number of rotatable bonds is 5. The second kappa shape index (κ2) is 8.15. The number of carbonyl (C=O) groups excluding carboxylic acids is 1. The Bertz CT molecular complexity index is 1180. The number of nitrogens with one attached hydrogen (secondary N) is 2. The zero-order chi connectivity index (χ0) is 21.9. The van der Waals surface area contributed by atoms with Crippen LogP contribution in [0.15, 0.2) is 77.7 Å². The van der Waals surface area contributed by atoms with Gasteiger partial charge in [0.2, 0.25) is 0 Å². The number of hydrogen-bond acceptors (Lipinski definition) is 3. The molecule has 0 bridgehead atoms. The lowest BCUT2D eigenvalue weighted by atomic mass is 10.1. The van der Waals surface area contributed by atoms with Crippen LogP contribution in [-0.2, 0) is 16.2 Å². The molecule has 0 aliphatic rings. The van der Waals surface area contributed by atoms with Crippen LogP contribution in [0, 0.1) is 5.82 Å². The highest BCUT2D eigenvalue weighted by atomic mass is 32.2. The zero-order valence-electron chi connectivity index (χ0n) is 15.1. The minimum Gasteiger partial charge on any atom is -0.322 e. The second-order valence-electron chi connectivity index (χ2n) is 6.17. The molecule has 0 aliphatic heterocycles. The molecule has 0 saturated heterocycles. The van der Waals surface area contributed by atoms with Crippen molar-refractivity contribution in [2.75, 3.05) is 10.0 Å². The summed E-state index contributed by atoms with van der Waals surface area (Å²) in [7, 11) is -4.00. The van der Waals surface area contributed by atoms with Crippen LogP contribution in [0.5, 0.6) is 0 Å². The van der Waals surface area contributed by atoms with Crippen molar-refractivity contribution in [3.8, 4) is 0 Å². The Balaban J connectivity index is 1.73. The van der Waals surface area contributed by atoms with Crippen LogP contribution in [0.2, 0.25) is 0 Å². The standard InChI is InChI=1S/C20H14F4N2O3S/c21-15-5-2-6-17(12-15)26-30(28,29)18-9-7-16(8-10-18)25-19(27)13-3-1-4-14(11-13)20(22,23)24/h1-12,26H,(H,25,27). The second-order valence-corrected chi connectivity index (χ2v) is 7.86. The van der Waals surface area contributed by atoms with Crippen LogP contribution in [0.1, 0.15) is 15.9 Å². The third kappa shape index (κ3) is 5.15. The summed E-state index contributed by atoms with van der Waals surface area (Å²) in [4.78, 5) is 12.1. The average molecular weight is 438 g/mol. The molecule has 30 heavy (non-hydrogen) atoms. The molecule has 0 heterocycles. The van der Waals surface area contributed by atoms with Gasteiger partial charge in [-0.25, -0.2) is 12.8 Å². The van der Waals surface area contributed by atoms with Gasteiger partial charge in [-0.15, -0.1) is 0 Å². The molecule has 10 heteroatoms. The number of benzene rings is 3. The van der Waals surface area contributed by atoms with E-state index in [-0.39, 0.29) is 21.8 Å². The highest BCUT2D eigenvalue weighted by Crippen LogP contribution is 2.29. The molecule has 3 aromatic carbocycles. The van der Waals surface area contributed by atoms with Crippen LogP contribution < -0.4 is 10.0 Å². The molecule has 0 saturated carbocycles. The van der Waals surface area contributed by atoms with Crippen molar-refractivity contribution >= 4 is 27.3 Å². The minimum atomic E-state index is -4.58. The summed E-state index contributed by atoms with van der Waals surface area (Å²) in [6, 6.07) is 13.8. The lowest BCUT2D eigenvalue weighted by Crippen LogP contribution is -2.15. The predicted molar refractivity (Wildman–Crippen MR) is 103 cm³/mol. The topological polar surface area (TPSA) is 75.3 Å². The van der Waals surface area contributed by atoms with Gasteiger partial charge in [-0.1, -0.05) is 12.1 Å². The molecular formula is C20H14F4N2O3S. The van der Waals surface area contributed by atoms with Gasteiger partial charge in [-0.3, -0.25) is 9.52 Å². The van der Waals surface area contributed by atoms with Crippen LogP contribution >= 0.6 is 0 Å². The molecule has 0 unspecified atom stereocenters. The van der Waals surface area contributed by atoms with Crippen LogP contribution in [0.25, 0.3) is 0 Å². The van der Waals surface area contributed by atoms with Crippen molar-refractivity contribution in [2.24, 2.45) is 0 Å². The van der Waals surface area contributed by atoms with E-state index < -0.39 is 33.5 Å². The monoisotopic (exact) mass is 438 g/mol. The van der Waals surface area contributed by atoms with Crippen LogP contribution in [0.4, 0.5) is 28.9 Å². The SMILES string of the molecule is O=C(Nc1ccc(S(=O)(=O)Nc2cccc(F)c2)cc1)c1cccc(C(F)(F)F)c1. The molecule has 156 valence electrons. The van der Waals surface area contributed by atoms with Gasteiger partial charge in [0, 0.05) is 11.3 Å². The number of amides is 1. The number of carbonyl (C=O) groups is 1. The number of anilines is 2. The number of alkyl halides is 3.